The number of hydrogen-bond acceptors (Lipinski definition) is 3. The Morgan fingerprint density at radius 3 is 2.29 bits per heavy atom. The fourth-order valence-electron chi connectivity index (χ4n) is 2.27. The van der Waals surface area contributed by atoms with Crippen LogP contribution in [-0.2, 0) is 27.4 Å². The zero-order chi connectivity index (χ0) is 17.5. The molecule has 4 heteroatoms. The van der Waals surface area contributed by atoms with Crippen molar-refractivity contribution in [2.75, 3.05) is 0 Å². The summed E-state index contributed by atoms with van der Waals surface area (Å²) in [5.41, 5.74) is 1.49. The Kier molecular flexibility index (Phi) is 6.01. The standard InChI is InChI=1S/C20H19FO3/c1-14(12-16-8-10-18(21)11-9-16)19(22)15(2)20(23)24-13-17-6-4-3-5-7-17/h3-11,14H,2,12-13H2,1H3. The summed E-state index contributed by atoms with van der Waals surface area (Å²) in [6.07, 6.45) is 0.407. The van der Waals surface area contributed by atoms with Crippen LogP contribution < -0.4 is 0 Å². The maximum Gasteiger partial charge on any atom is 0.341 e. The summed E-state index contributed by atoms with van der Waals surface area (Å²) >= 11 is 0. The van der Waals surface area contributed by atoms with E-state index in [0.717, 1.165) is 11.1 Å². The Morgan fingerprint density at radius 1 is 1.04 bits per heavy atom. The van der Waals surface area contributed by atoms with Gasteiger partial charge in [0.25, 0.3) is 0 Å². The molecule has 0 heterocycles. The van der Waals surface area contributed by atoms with Crippen molar-refractivity contribution in [3.8, 4) is 0 Å². The number of benzene rings is 2. The van der Waals surface area contributed by atoms with E-state index in [-0.39, 0.29) is 23.8 Å². The molecule has 0 spiro atoms. The number of ketones is 1. The number of carbonyl (C=O) groups is 2. The number of hydrogen-bond donors (Lipinski definition) is 0. The van der Waals surface area contributed by atoms with E-state index in [2.05, 4.69) is 6.58 Å². The van der Waals surface area contributed by atoms with Crippen molar-refractivity contribution in [1.29, 1.82) is 0 Å². The Balaban J connectivity index is 1.89. The lowest BCUT2D eigenvalue weighted by atomic mass is 9.93. The molecule has 0 saturated heterocycles. The van der Waals surface area contributed by atoms with E-state index in [1.54, 1.807) is 19.1 Å². The molecule has 3 nitrogen and oxygen atoms in total. The maximum atomic E-state index is 12.9. The fourth-order valence-corrected chi connectivity index (χ4v) is 2.27. The van der Waals surface area contributed by atoms with Gasteiger partial charge in [0.15, 0.2) is 5.78 Å². The molecular weight excluding hydrogens is 307 g/mol. The van der Waals surface area contributed by atoms with Gasteiger partial charge in [-0.3, -0.25) is 4.79 Å². The molecule has 0 N–H and O–H groups in total. The molecule has 0 aliphatic carbocycles. The molecule has 1 unspecified atom stereocenters. The molecular formula is C20H19FO3. The summed E-state index contributed by atoms with van der Waals surface area (Å²) in [5.74, 6) is -1.84. The monoisotopic (exact) mass is 326 g/mol. The van der Waals surface area contributed by atoms with Crippen LogP contribution in [0.3, 0.4) is 0 Å². The highest BCUT2D eigenvalue weighted by molar-refractivity contribution is 6.17. The number of carbonyl (C=O) groups excluding carboxylic acids is 2. The van der Waals surface area contributed by atoms with Crippen LogP contribution in [0.25, 0.3) is 0 Å². The highest BCUT2D eigenvalue weighted by atomic mass is 19.1. The van der Waals surface area contributed by atoms with Crippen LogP contribution >= 0.6 is 0 Å². The Labute approximate surface area is 140 Å². The predicted octanol–water partition coefficient (Wildman–Crippen LogP) is 3.87. The van der Waals surface area contributed by atoms with Gasteiger partial charge in [0.2, 0.25) is 0 Å². The molecule has 0 aromatic heterocycles. The van der Waals surface area contributed by atoms with E-state index in [1.807, 2.05) is 30.3 Å². The van der Waals surface area contributed by atoms with Crippen LogP contribution in [0.4, 0.5) is 4.39 Å². The number of ether oxygens (including phenoxy) is 1. The first-order chi connectivity index (χ1) is 11.5. The van der Waals surface area contributed by atoms with E-state index in [0.29, 0.717) is 6.42 Å². The molecule has 0 bridgehead atoms. The molecule has 24 heavy (non-hydrogen) atoms. The normalized spacial score (nSPS) is 11.6. The quantitative estimate of drug-likeness (QED) is 0.336. The minimum absolute atomic E-state index is 0.0956. The molecule has 2 aromatic carbocycles. The average Bonchev–Trinajstić information content (AvgIpc) is 2.61. The van der Waals surface area contributed by atoms with E-state index in [9.17, 15) is 14.0 Å². The first-order valence-electron chi connectivity index (χ1n) is 7.66. The lowest BCUT2D eigenvalue weighted by Gasteiger charge is -2.12. The number of esters is 1. The fraction of sp³-hybridized carbons (Fsp3) is 0.200. The molecule has 1 atom stereocenters. The number of rotatable bonds is 7. The molecule has 0 amide bonds. The number of Topliss-reactive ketones (excluding diaryl/α,β-unsaturated/α-hetero) is 1. The van der Waals surface area contributed by atoms with Gasteiger partial charge in [0.1, 0.15) is 12.4 Å². The second-order valence-corrected chi connectivity index (χ2v) is 5.64. The van der Waals surface area contributed by atoms with Gasteiger partial charge >= 0.3 is 5.97 Å². The lowest BCUT2D eigenvalue weighted by molar-refractivity contribution is -0.142. The first kappa shape index (κ1) is 17.6. The van der Waals surface area contributed by atoms with Crippen LogP contribution in [0.2, 0.25) is 0 Å². The molecule has 0 radical (unpaired) electrons. The van der Waals surface area contributed by atoms with Crippen molar-refractivity contribution in [1.82, 2.24) is 0 Å². The molecule has 0 saturated carbocycles. The van der Waals surface area contributed by atoms with Gasteiger partial charge in [-0.25, -0.2) is 9.18 Å². The zero-order valence-corrected chi connectivity index (χ0v) is 13.5. The van der Waals surface area contributed by atoms with Gasteiger partial charge in [-0.05, 0) is 29.7 Å². The second kappa shape index (κ2) is 8.20. The molecule has 0 fully saturated rings. The van der Waals surface area contributed by atoms with Gasteiger partial charge in [-0.2, -0.15) is 0 Å². The van der Waals surface area contributed by atoms with Crippen molar-refractivity contribution in [2.24, 2.45) is 5.92 Å². The first-order valence-corrected chi connectivity index (χ1v) is 7.66. The summed E-state index contributed by atoms with van der Waals surface area (Å²) in [6.45, 7) is 5.36. The van der Waals surface area contributed by atoms with E-state index in [4.69, 9.17) is 4.74 Å². The summed E-state index contributed by atoms with van der Waals surface area (Å²) in [6, 6.07) is 15.1. The third kappa shape index (κ3) is 4.88. The van der Waals surface area contributed by atoms with Gasteiger partial charge in [-0.1, -0.05) is 56.0 Å². The highest BCUT2D eigenvalue weighted by Gasteiger charge is 2.23. The molecule has 2 rings (SSSR count). The van der Waals surface area contributed by atoms with Crippen molar-refractivity contribution in [3.63, 3.8) is 0 Å². The van der Waals surface area contributed by atoms with E-state index >= 15 is 0 Å². The predicted molar refractivity (Wildman–Crippen MR) is 89.7 cm³/mol. The molecule has 0 aliphatic heterocycles. The average molecular weight is 326 g/mol. The molecule has 2 aromatic rings. The minimum atomic E-state index is -0.713. The lowest BCUT2D eigenvalue weighted by Crippen LogP contribution is -2.22. The topological polar surface area (TPSA) is 43.4 Å². The summed E-state index contributed by atoms with van der Waals surface area (Å²) in [4.78, 5) is 24.3. The van der Waals surface area contributed by atoms with Crippen LogP contribution in [0.5, 0.6) is 0 Å². The Hall–Kier alpha value is -2.75. The smallest absolute Gasteiger partial charge is 0.341 e. The van der Waals surface area contributed by atoms with Gasteiger partial charge in [0, 0.05) is 5.92 Å². The largest absolute Gasteiger partial charge is 0.457 e. The van der Waals surface area contributed by atoms with Crippen molar-refractivity contribution < 1.29 is 18.7 Å². The zero-order valence-electron chi connectivity index (χ0n) is 13.5. The molecule has 124 valence electrons. The van der Waals surface area contributed by atoms with Crippen molar-refractivity contribution in [3.05, 3.63) is 83.7 Å². The van der Waals surface area contributed by atoms with Crippen molar-refractivity contribution >= 4 is 11.8 Å². The molecule has 0 aliphatic rings. The van der Waals surface area contributed by atoms with Crippen molar-refractivity contribution in [2.45, 2.75) is 20.0 Å². The van der Waals surface area contributed by atoms with Gasteiger partial charge in [-0.15, -0.1) is 0 Å². The Bertz CT molecular complexity index is 720. The SMILES string of the molecule is C=C(C(=O)OCc1ccccc1)C(=O)C(C)Cc1ccc(F)cc1. The van der Waals surface area contributed by atoms with Gasteiger partial charge in [0.05, 0.1) is 5.57 Å². The maximum absolute atomic E-state index is 12.9. The second-order valence-electron chi connectivity index (χ2n) is 5.64. The number of halogens is 1. The summed E-state index contributed by atoms with van der Waals surface area (Å²) in [7, 11) is 0. The third-order valence-electron chi connectivity index (χ3n) is 3.66. The van der Waals surface area contributed by atoms with Crippen LogP contribution in [0, 0.1) is 11.7 Å². The van der Waals surface area contributed by atoms with Gasteiger partial charge < -0.3 is 4.74 Å². The Morgan fingerprint density at radius 2 is 1.67 bits per heavy atom. The van der Waals surface area contributed by atoms with Crippen LogP contribution in [0.1, 0.15) is 18.1 Å². The summed E-state index contributed by atoms with van der Waals surface area (Å²) in [5, 5.41) is 0. The van der Waals surface area contributed by atoms with E-state index < -0.39 is 11.9 Å². The summed E-state index contributed by atoms with van der Waals surface area (Å²) < 4.78 is 18.0. The minimum Gasteiger partial charge on any atom is -0.457 e. The van der Waals surface area contributed by atoms with Crippen LogP contribution in [-0.4, -0.2) is 11.8 Å². The van der Waals surface area contributed by atoms with Crippen LogP contribution in [0.15, 0.2) is 66.7 Å². The third-order valence-corrected chi connectivity index (χ3v) is 3.66. The highest BCUT2D eigenvalue weighted by Crippen LogP contribution is 2.15. The van der Waals surface area contributed by atoms with E-state index in [1.165, 1.54) is 12.1 Å².